The molecule has 1 N–H and O–H groups in total. The van der Waals surface area contributed by atoms with Gasteiger partial charge in [0.05, 0.1) is 11.8 Å². The van der Waals surface area contributed by atoms with Gasteiger partial charge in [0.15, 0.2) is 11.6 Å². The highest BCUT2D eigenvalue weighted by Crippen LogP contribution is 2.53. The maximum Gasteiger partial charge on any atom is 0.239 e. The molecule has 1 saturated carbocycles. The van der Waals surface area contributed by atoms with E-state index >= 15 is 0 Å². The number of carbonyl (C=O) groups excluding carboxylic acids is 2. The van der Waals surface area contributed by atoms with Gasteiger partial charge >= 0.3 is 0 Å². The van der Waals surface area contributed by atoms with E-state index in [1.54, 1.807) is 6.07 Å². The van der Waals surface area contributed by atoms with Crippen molar-refractivity contribution < 1.29 is 14.7 Å². The lowest BCUT2D eigenvalue weighted by molar-refractivity contribution is -0.123. The number of nitrogens with zero attached hydrogens (tertiary/aromatic N) is 2. The molecule has 2 amide bonds. The Bertz CT molecular complexity index is 595. The van der Waals surface area contributed by atoms with E-state index in [-0.39, 0.29) is 47.1 Å². The van der Waals surface area contributed by atoms with Crippen LogP contribution in [0.4, 0.5) is 5.82 Å². The monoisotopic (exact) mass is 256 g/mol. The van der Waals surface area contributed by atoms with Crippen molar-refractivity contribution >= 4 is 17.6 Å². The molecule has 5 heteroatoms. The number of allylic oxidation sites excluding steroid dienone is 2. The number of carbonyl (C=O) groups is 2. The average Bonchev–Trinajstić information content (AvgIpc) is 3.06. The maximum atomic E-state index is 12.5. The van der Waals surface area contributed by atoms with Gasteiger partial charge in [0.1, 0.15) is 0 Å². The molecule has 2 bridgehead atoms. The normalized spacial score (nSPS) is 35.3. The molecule has 1 aliphatic heterocycles. The van der Waals surface area contributed by atoms with Crippen LogP contribution in [0.5, 0.6) is 5.75 Å². The highest BCUT2D eigenvalue weighted by molar-refractivity contribution is 6.22. The summed E-state index contributed by atoms with van der Waals surface area (Å²) in [5.74, 6) is -0.699. The Balaban J connectivity index is 1.79. The Morgan fingerprint density at radius 1 is 1.16 bits per heavy atom. The van der Waals surface area contributed by atoms with Crippen LogP contribution in [0.3, 0.4) is 0 Å². The second-order valence-corrected chi connectivity index (χ2v) is 5.36. The summed E-state index contributed by atoms with van der Waals surface area (Å²) in [6.07, 6.45) is 6.45. The second-order valence-electron chi connectivity index (χ2n) is 5.36. The van der Waals surface area contributed by atoms with E-state index in [4.69, 9.17) is 0 Å². The fraction of sp³-hybridized carbons (Fsp3) is 0.357. The van der Waals surface area contributed by atoms with Crippen LogP contribution in [0, 0.1) is 23.7 Å². The van der Waals surface area contributed by atoms with Gasteiger partial charge in [-0.1, -0.05) is 12.2 Å². The van der Waals surface area contributed by atoms with Gasteiger partial charge in [0, 0.05) is 6.20 Å². The van der Waals surface area contributed by atoms with Crippen molar-refractivity contribution in [2.24, 2.45) is 23.7 Å². The third kappa shape index (κ3) is 1.22. The van der Waals surface area contributed by atoms with Crippen molar-refractivity contribution in [3.8, 4) is 5.75 Å². The first-order chi connectivity index (χ1) is 9.18. The second kappa shape index (κ2) is 3.44. The topological polar surface area (TPSA) is 70.5 Å². The lowest BCUT2D eigenvalue weighted by atomic mass is 9.85. The lowest BCUT2D eigenvalue weighted by Crippen LogP contribution is -2.33. The summed E-state index contributed by atoms with van der Waals surface area (Å²) < 4.78 is 0. The van der Waals surface area contributed by atoms with E-state index in [2.05, 4.69) is 4.98 Å². The Hall–Kier alpha value is -2.17. The van der Waals surface area contributed by atoms with Gasteiger partial charge < -0.3 is 5.11 Å². The van der Waals surface area contributed by atoms with Crippen molar-refractivity contribution in [1.82, 2.24) is 4.98 Å². The van der Waals surface area contributed by atoms with Crippen molar-refractivity contribution in [2.45, 2.75) is 6.42 Å². The summed E-state index contributed by atoms with van der Waals surface area (Å²) in [4.78, 5) is 30.0. The van der Waals surface area contributed by atoms with E-state index in [0.717, 1.165) is 11.3 Å². The molecule has 4 atom stereocenters. The molecule has 1 aromatic heterocycles. The lowest BCUT2D eigenvalue weighted by Gasteiger charge is -2.16. The molecule has 0 spiro atoms. The van der Waals surface area contributed by atoms with E-state index in [1.165, 1.54) is 12.3 Å². The van der Waals surface area contributed by atoms with Crippen LogP contribution in [0.15, 0.2) is 30.5 Å². The first kappa shape index (κ1) is 10.7. The number of rotatable bonds is 1. The summed E-state index contributed by atoms with van der Waals surface area (Å²) in [7, 11) is 0. The Morgan fingerprint density at radius 2 is 1.79 bits per heavy atom. The zero-order valence-electron chi connectivity index (χ0n) is 10.1. The Kier molecular flexibility index (Phi) is 1.94. The van der Waals surface area contributed by atoms with Gasteiger partial charge in [-0.15, -0.1) is 0 Å². The molecule has 4 unspecified atom stereocenters. The number of aromatic nitrogens is 1. The number of hydrogen-bond donors (Lipinski definition) is 1. The zero-order valence-corrected chi connectivity index (χ0v) is 10.1. The molecule has 96 valence electrons. The number of hydrogen-bond acceptors (Lipinski definition) is 4. The molecule has 2 aliphatic carbocycles. The first-order valence-corrected chi connectivity index (χ1v) is 6.38. The SMILES string of the molecule is O=C1C2C3C=CC(C3)C2C(=O)N1c1ncccc1O. The molecule has 2 fully saturated rings. The predicted molar refractivity (Wildman–Crippen MR) is 66.1 cm³/mol. The van der Waals surface area contributed by atoms with Crippen LogP contribution in [0.1, 0.15) is 6.42 Å². The number of aromatic hydroxyl groups is 1. The molecular formula is C14H12N2O3. The Morgan fingerprint density at radius 3 is 2.37 bits per heavy atom. The van der Waals surface area contributed by atoms with Gasteiger partial charge in [0.2, 0.25) is 11.8 Å². The van der Waals surface area contributed by atoms with E-state index in [9.17, 15) is 14.7 Å². The van der Waals surface area contributed by atoms with Crippen LogP contribution in [-0.2, 0) is 9.59 Å². The number of amides is 2. The molecule has 3 aliphatic rings. The van der Waals surface area contributed by atoms with Crippen LogP contribution in [0.2, 0.25) is 0 Å². The van der Waals surface area contributed by atoms with Crippen molar-refractivity contribution in [3.05, 3.63) is 30.5 Å². The minimum atomic E-state index is -0.260. The molecule has 4 rings (SSSR count). The summed E-state index contributed by atoms with van der Waals surface area (Å²) in [5, 5.41) is 9.79. The van der Waals surface area contributed by atoms with Crippen LogP contribution in [-0.4, -0.2) is 21.9 Å². The van der Waals surface area contributed by atoms with Crippen LogP contribution >= 0.6 is 0 Å². The fourth-order valence-electron chi connectivity index (χ4n) is 3.67. The molecule has 0 radical (unpaired) electrons. The summed E-state index contributed by atoms with van der Waals surface area (Å²) in [6, 6.07) is 3.00. The van der Waals surface area contributed by atoms with Crippen molar-refractivity contribution in [3.63, 3.8) is 0 Å². The molecule has 2 heterocycles. The molecular weight excluding hydrogens is 244 g/mol. The third-order valence-corrected chi connectivity index (χ3v) is 4.45. The van der Waals surface area contributed by atoms with Crippen molar-refractivity contribution in [2.75, 3.05) is 4.90 Å². The van der Waals surface area contributed by atoms with Crippen molar-refractivity contribution in [1.29, 1.82) is 0 Å². The van der Waals surface area contributed by atoms with Gasteiger partial charge in [-0.25, -0.2) is 9.88 Å². The van der Waals surface area contributed by atoms with Gasteiger partial charge in [-0.05, 0) is 30.4 Å². The molecule has 0 aromatic carbocycles. The Labute approximate surface area is 109 Å². The zero-order chi connectivity index (χ0) is 13.1. The molecule has 5 nitrogen and oxygen atoms in total. The number of pyridine rings is 1. The molecule has 1 aromatic rings. The number of imide groups is 1. The summed E-state index contributed by atoms with van der Waals surface area (Å²) in [6.45, 7) is 0. The highest BCUT2D eigenvalue weighted by Gasteiger charge is 2.60. The molecule has 1 saturated heterocycles. The largest absolute Gasteiger partial charge is 0.504 e. The van der Waals surface area contributed by atoms with Gasteiger partial charge in [0.25, 0.3) is 0 Å². The van der Waals surface area contributed by atoms with E-state index < -0.39 is 0 Å². The minimum absolute atomic E-state index is 0.0614. The summed E-state index contributed by atoms with van der Waals surface area (Å²) in [5.41, 5.74) is 0. The summed E-state index contributed by atoms with van der Waals surface area (Å²) >= 11 is 0. The van der Waals surface area contributed by atoms with Gasteiger partial charge in [-0.2, -0.15) is 0 Å². The van der Waals surface area contributed by atoms with Crippen LogP contribution < -0.4 is 4.90 Å². The van der Waals surface area contributed by atoms with Gasteiger partial charge in [-0.3, -0.25) is 9.59 Å². The molecule has 19 heavy (non-hydrogen) atoms. The van der Waals surface area contributed by atoms with E-state index in [1.807, 2.05) is 12.2 Å². The highest BCUT2D eigenvalue weighted by atomic mass is 16.3. The standard InChI is InChI=1S/C14H12N2O3/c17-9-2-1-5-15-12(9)16-13(18)10-7-3-4-8(6-7)11(10)14(16)19/h1-5,7-8,10-11,17H,6H2. The fourth-order valence-corrected chi connectivity index (χ4v) is 3.67. The average molecular weight is 256 g/mol. The number of anilines is 1. The maximum absolute atomic E-state index is 12.5. The predicted octanol–water partition coefficient (Wildman–Crippen LogP) is 1.10. The minimum Gasteiger partial charge on any atom is -0.504 e. The smallest absolute Gasteiger partial charge is 0.239 e. The quantitative estimate of drug-likeness (QED) is 0.603. The van der Waals surface area contributed by atoms with E-state index in [0.29, 0.717) is 0 Å². The number of fused-ring (bicyclic) bond motifs is 5. The first-order valence-electron chi connectivity index (χ1n) is 6.38. The third-order valence-electron chi connectivity index (χ3n) is 4.45. The van der Waals surface area contributed by atoms with Crippen LogP contribution in [0.25, 0.3) is 0 Å².